The van der Waals surface area contributed by atoms with Gasteiger partial charge in [-0.25, -0.2) is 4.39 Å². The van der Waals surface area contributed by atoms with Gasteiger partial charge in [0.1, 0.15) is 5.82 Å². The van der Waals surface area contributed by atoms with Crippen molar-refractivity contribution in [2.24, 2.45) is 7.05 Å². The van der Waals surface area contributed by atoms with E-state index in [1.165, 1.54) is 6.20 Å². The summed E-state index contributed by atoms with van der Waals surface area (Å²) in [6, 6.07) is 2.92. The smallest absolute Gasteiger partial charge is 0.253 e. The van der Waals surface area contributed by atoms with Crippen molar-refractivity contribution in [3.8, 4) is 0 Å². The second kappa shape index (κ2) is 7.63. The number of aromatic nitrogens is 3. The molecule has 2 aromatic rings. The standard InChI is InChI=1S/C18H22FN5O2/c1-12-3-4-15(22-18(26)13-7-14(19)10-20-9-13)11-24(12)17(25)8-16-5-6-21-23(16)2/h5-7,9-10,12,15H,3-4,8,11H2,1-2H3,(H,22,26). The Labute approximate surface area is 151 Å². The second-order valence-electron chi connectivity index (χ2n) is 6.66. The van der Waals surface area contributed by atoms with Gasteiger partial charge in [0.2, 0.25) is 5.91 Å². The molecular weight excluding hydrogens is 337 g/mol. The Hall–Kier alpha value is -2.77. The molecule has 8 heteroatoms. The molecule has 1 fully saturated rings. The van der Waals surface area contributed by atoms with Crippen LogP contribution in [0.15, 0.2) is 30.7 Å². The summed E-state index contributed by atoms with van der Waals surface area (Å²) in [7, 11) is 1.80. The molecule has 138 valence electrons. The Balaban J connectivity index is 1.63. The number of nitrogens with zero attached hydrogens (tertiary/aromatic N) is 4. The fraction of sp³-hybridized carbons (Fsp3) is 0.444. The lowest BCUT2D eigenvalue weighted by Gasteiger charge is -2.38. The molecule has 2 aromatic heterocycles. The lowest BCUT2D eigenvalue weighted by molar-refractivity contribution is -0.134. The van der Waals surface area contributed by atoms with E-state index in [0.29, 0.717) is 6.54 Å². The molecule has 26 heavy (non-hydrogen) atoms. The molecule has 7 nitrogen and oxygen atoms in total. The molecule has 0 aromatic carbocycles. The first-order valence-electron chi connectivity index (χ1n) is 8.62. The number of pyridine rings is 1. The first kappa shape index (κ1) is 18.0. The van der Waals surface area contributed by atoms with Crippen molar-refractivity contribution in [1.29, 1.82) is 0 Å². The van der Waals surface area contributed by atoms with Crippen LogP contribution < -0.4 is 5.32 Å². The van der Waals surface area contributed by atoms with E-state index < -0.39 is 5.82 Å². The van der Waals surface area contributed by atoms with Crippen LogP contribution in [0.4, 0.5) is 4.39 Å². The van der Waals surface area contributed by atoms with Crippen LogP contribution in [-0.2, 0) is 18.3 Å². The molecule has 3 heterocycles. The molecule has 1 N–H and O–H groups in total. The topological polar surface area (TPSA) is 80.1 Å². The van der Waals surface area contributed by atoms with Crippen LogP contribution in [0.3, 0.4) is 0 Å². The predicted molar refractivity (Wildman–Crippen MR) is 92.8 cm³/mol. The number of piperidine rings is 1. The molecule has 2 unspecified atom stereocenters. The predicted octanol–water partition coefficient (Wildman–Crippen LogP) is 1.31. The Morgan fingerprint density at radius 3 is 2.85 bits per heavy atom. The van der Waals surface area contributed by atoms with Crippen molar-refractivity contribution < 1.29 is 14.0 Å². The third-order valence-electron chi connectivity index (χ3n) is 4.76. The first-order chi connectivity index (χ1) is 12.4. The van der Waals surface area contributed by atoms with Gasteiger partial charge in [-0.2, -0.15) is 5.10 Å². The molecule has 0 radical (unpaired) electrons. The molecule has 3 rings (SSSR count). The fourth-order valence-electron chi connectivity index (χ4n) is 3.21. The minimum absolute atomic E-state index is 0.00692. The molecule has 2 atom stereocenters. The van der Waals surface area contributed by atoms with Gasteiger partial charge >= 0.3 is 0 Å². The average Bonchev–Trinajstić information content (AvgIpc) is 3.01. The minimum atomic E-state index is -0.553. The minimum Gasteiger partial charge on any atom is -0.347 e. The summed E-state index contributed by atoms with van der Waals surface area (Å²) in [6.45, 7) is 2.45. The molecule has 1 aliphatic rings. The van der Waals surface area contributed by atoms with Crippen molar-refractivity contribution in [2.45, 2.75) is 38.3 Å². The van der Waals surface area contributed by atoms with Gasteiger partial charge in [0.25, 0.3) is 5.91 Å². The normalized spacial score (nSPS) is 20.0. The highest BCUT2D eigenvalue weighted by Gasteiger charge is 2.30. The van der Waals surface area contributed by atoms with Crippen molar-refractivity contribution in [3.05, 3.63) is 47.8 Å². The van der Waals surface area contributed by atoms with Gasteiger partial charge in [-0.15, -0.1) is 0 Å². The van der Waals surface area contributed by atoms with Gasteiger partial charge in [0.15, 0.2) is 0 Å². The largest absolute Gasteiger partial charge is 0.347 e. The van der Waals surface area contributed by atoms with Gasteiger partial charge in [0.05, 0.1) is 18.2 Å². The summed E-state index contributed by atoms with van der Waals surface area (Å²) in [6.07, 6.45) is 5.88. The van der Waals surface area contributed by atoms with Crippen molar-refractivity contribution in [1.82, 2.24) is 25.0 Å². The number of amides is 2. The third kappa shape index (κ3) is 4.07. The van der Waals surface area contributed by atoms with Gasteiger partial charge in [-0.1, -0.05) is 0 Å². The molecular formula is C18H22FN5O2. The summed E-state index contributed by atoms with van der Waals surface area (Å²) < 4.78 is 14.9. The Kier molecular flexibility index (Phi) is 5.29. The second-order valence-corrected chi connectivity index (χ2v) is 6.66. The summed E-state index contributed by atoms with van der Waals surface area (Å²) in [4.78, 5) is 30.5. The number of hydrogen-bond donors (Lipinski definition) is 1. The fourth-order valence-corrected chi connectivity index (χ4v) is 3.21. The summed E-state index contributed by atoms with van der Waals surface area (Å²) in [5, 5.41) is 6.96. The number of carbonyl (C=O) groups is 2. The maximum absolute atomic E-state index is 13.2. The summed E-state index contributed by atoms with van der Waals surface area (Å²) in [5.74, 6) is -0.925. The molecule has 1 saturated heterocycles. The van der Waals surface area contributed by atoms with Crippen molar-refractivity contribution in [3.63, 3.8) is 0 Å². The Morgan fingerprint density at radius 2 is 2.15 bits per heavy atom. The highest BCUT2D eigenvalue weighted by atomic mass is 19.1. The van der Waals surface area contributed by atoms with Gasteiger partial charge < -0.3 is 10.2 Å². The van der Waals surface area contributed by atoms with Crippen LogP contribution in [0.25, 0.3) is 0 Å². The van der Waals surface area contributed by atoms with E-state index in [4.69, 9.17) is 0 Å². The molecule has 0 aliphatic carbocycles. The number of rotatable bonds is 4. The Morgan fingerprint density at radius 1 is 1.35 bits per heavy atom. The van der Waals surface area contributed by atoms with Crippen LogP contribution in [0.1, 0.15) is 35.8 Å². The van der Waals surface area contributed by atoms with E-state index in [9.17, 15) is 14.0 Å². The van der Waals surface area contributed by atoms with Crippen LogP contribution in [0.5, 0.6) is 0 Å². The molecule has 0 saturated carbocycles. The van der Waals surface area contributed by atoms with Gasteiger partial charge in [-0.05, 0) is 31.9 Å². The quantitative estimate of drug-likeness (QED) is 0.893. The van der Waals surface area contributed by atoms with Crippen LogP contribution in [0, 0.1) is 5.82 Å². The highest BCUT2D eigenvalue weighted by molar-refractivity contribution is 5.94. The van der Waals surface area contributed by atoms with E-state index in [2.05, 4.69) is 15.4 Å². The maximum Gasteiger partial charge on any atom is 0.253 e. The molecule has 0 bridgehead atoms. The summed E-state index contributed by atoms with van der Waals surface area (Å²) >= 11 is 0. The van der Waals surface area contributed by atoms with Crippen molar-refractivity contribution in [2.75, 3.05) is 6.54 Å². The van der Waals surface area contributed by atoms with E-state index in [1.54, 1.807) is 22.8 Å². The van der Waals surface area contributed by atoms with E-state index in [0.717, 1.165) is 30.8 Å². The lowest BCUT2D eigenvalue weighted by atomic mass is 9.98. The Bertz CT molecular complexity index is 806. The van der Waals surface area contributed by atoms with Crippen molar-refractivity contribution >= 4 is 11.8 Å². The zero-order valence-electron chi connectivity index (χ0n) is 14.9. The zero-order chi connectivity index (χ0) is 18.7. The average molecular weight is 359 g/mol. The van der Waals surface area contributed by atoms with Gasteiger partial charge in [0, 0.05) is 43.8 Å². The van der Waals surface area contributed by atoms with E-state index in [-0.39, 0.29) is 35.9 Å². The maximum atomic E-state index is 13.2. The number of aryl methyl sites for hydroxylation is 1. The summed E-state index contributed by atoms with van der Waals surface area (Å²) in [5.41, 5.74) is 1.02. The van der Waals surface area contributed by atoms with Crippen LogP contribution in [-0.4, -0.2) is 50.1 Å². The SMILES string of the molecule is CC1CCC(NC(=O)c2cncc(F)c2)CN1C(=O)Cc1ccnn1C. The number of likely N-dealkylation sites (tertiary alicyclic amines) is 1. The number of carbonyl (C=O) groups excluding carboxylic acids is 2. The zero-order valence-corrected chi connectivity index (χ0v) is 14.9. The van der Waals surface area contributed by atoms with Crippen LogP contribution in [0.2, 0.25) is 0 Å². The van der Waals surface area contributed by atoms with Crippen LogP contribution >= 0.6 is 0 Å². The number of hydrogen-bond acceptors (Lipinski definition) is 4. The number of nitrogens with one attached hydrogen (secondary N) is 1. The molecule has 2 amide bonds. The first-order valence-corrected chi connectivity index (χ1v) is 8.62. The third-order valence-corrected chi connectivity index (χ3v) is 4.76. The van der Waals surface area contributed by atoms with E-state index in [1.807, 2.05) is 13.0 Å². The highest BCUT2D eigenvalue weighted by Crippen LogP contribution is 2.19. The van der Waals surface area contributed by atoms with E-state index >= 15 is 0 Å². The lowest BCUT2D eigenvalue weighted by Crippen LogP contribution is -2.53. The molecule has 0 spiro atoms. The molecule has 1 aliphatic heterocycles. The monoisotopic (exact) mass is 359 g/mol. The van der Waals surface area contributed by atoms with Gasteiger partial charge in [-0.3, -0.25) is 19.3 Å². The number of halogens is 1.